The Morgan fingerprint density at radius 3 is 2.48 bits per heavy atom. The Morgan fingerprint density at radius 1 is 1.30 bits per heavy atom. The third-order valence-electron chi connectivity index (χ3n) is 5.46. The average molecular weight is 392 g/mol. The smallest absolute Gasteiger partial charge is 0.408 e. The number of rotatable bonds is 5. The molecule has 2 aromatic rings. The van der Waals surface area contributed by atoms with Crippen LogP contribution in [0.15, 0.2) is 28.8 Å². The summed E-state index contributed by atoms with van der Waals surface area (Å²) in [6.07, 6.45) is 1.34. The number of ether oxygens (including phenoxy) is 1. The van der Waals surface area contributed by atoms with E-state index in [1.165, 1.54) is 0 Å². The van der Waals surface area contributed by atoms with E-state index in [-0.39, 0.29) is 17.6 Å². The van der Waals surface area contributed by atoms with Crippen molar-refractivity contribution in [2.45, 2.75) is 63.1 Å². The zero-order valence-corrected chi connectivity index (χ0v) is 16.3. The van der Waals surface area contributed by atoms with E-state index in [1.54, 1.807) is 29.2 Å². The Bertz CT molecular complexity index is 852. The molecule has 5 rings (SSSR count). The molecule has 27 heavy (non-hydrogen) atoms. The molecule has 0 aliphatic heterocycles. The molecule has 7 nitrogen and oxygen atoms in total. The van der Waals surface area contributed by atoms with Crippen LogP contribution in [0.1, 0.15) is 51.7 Å². The Kier molecular flexibility index (Phi) is 3.93. The molecule has 144 valence electrons. The maximum Gasteiger partial charge on any atom is 0.408 e. The number of aromatic nitrogens is 2. The lowest BCUT2D eigenvalue weighted by Gasteiger charge is -2.73. The van der Waals surface area contributed by atoms with E-state index < -0.39 is 11.6 Å². The number of halogens is 1. The zero-order valence-electron chi connectivity index (χ0n) is 15.5. The van der Waals surface area contributed by atoms with Gasteiger partial charge in [0.05, 0.1) is 0 Å². The first-order valence-electron chi connectivity index (χ1n) is 8.88. The minimum absolute atomic E-state index is 0.166. The van der Waals surface area contributed by atoms with Gasteiger partial charge >= 0.3 is 6.09 Å². The summed E-state index contributed by atoms with van der Waals surface area (Å²) in [6, 6.07) is 7.05. The third-order valence-corrected chi connectivity index (χ3v) is 5.71. The minimum atomic E-state index is -0.874. The standard InChI is InChI=1S/C19H22ClN3O4/c1-17(2,3)23(16(24)25)19-9-18(10-19,11-19)15-21-14(27-22-15)8-26-13-6-4-12(20)5-7-13/h4-7H,8-11H2,1-3H3,(H,24,25). The first-order chi connectivity index (χ1) is 12.6. The molecule has 3 aliphatic rings. The molecule has 3 saturated carbocycles. The van der Waals surface area contributed by atoms with Crippen molar-refractivity contribution < 1.29 is 19.2 Å². The normalized spacial score (nSPS) is 26.1. The van der Waals surface area contributed by atoms with Gasteiger partial charge < -0.3 is 14.4 Å². The highest BCUT2D eigenvalue weighted by Crippen LogP contribution is 2.70. The predicted molar refractivity (Wildman–Crippen MR) is 98.0 cm³/mol. The van der Waals surface area contributed by atoms with Crippen LogP contribution >= 0.6 is 11.6 Å². The van der Waals surface area contributed by atoms with Crippen LogP contribution in [0.5, 0.6) is 5.75 Å². The molecule has 1 aromatic heterocycles. The van der Waals surface area contributed by atoms with Gasteiger partial charge in [-0.2, -0.15) is 4.98 Å². The second kappa shape index (κ2) is 5.86. The Hall–Kier alpha value is -2.28. The highest BCUT2D eigenvalue weighted by molar-refractivity contribution is 6.30. The van der Waals surface area contributed by atoms with Gasteiger partial charge in [-0.1, -0.05) is 16.8 Å². The molecule has 3 fully saturated rings. The van der Waals surface area contributed by atoms with Crippen molar-refractivity contribution in [3.63, 3.8) is 0 Å². The SMILES string of the molecule is CC(C)(C)N(C(=O)O)C12CC(c3noc(COc4ccc(Cl)cc4)n3)(C1)C2. The lowest BCUT2D eigenvalue weighted by atomic mass is 9.38. The van der Waals surface area contributed by atoms with E-state index in [9.17, 15) is 9.90 Å². The van der Waals surface area contributed by atoms with E-state index in [4.69, 9.17) is 20.9 Å². The second-order valence-electron chi connectivity index (χ2n) is 8.58. The van der Waals surface area contributed by atoms with E-state index in [2.05, 4.69) is 10.1 Å². The van der Waals surface area contributed by atoms with Crippen LogP contribution in [-0.4, -0.2) is 37.3 Å². The van der Waals surface area contributed by atoms with Gasteiger partial charge in [0.15, 0.2) is 12.4 Å². The molecule has 1 aromatic carbocycles. The fourth-order valence-corrected chi connectivity index (χ4v) is 4.74. The van der Waals surface area contributed by atoms with Crippen LogP contribution in [0.25, 0.3) is 0 Å². The van der Waals surface area contributed by atoms with Crippen LogP contribution in [0.3, 0.4) is 0 Å². The Labute approximate surface area is 162 Å². The average Bonchev–Trinajstić information content (AvgIpc) is 2.95. The van der Waals surface area contributed by atoms with E-state index in [0.29, 0.717) is 22.5 Å². The summed E-state index contributed by atoms with van der Waals surface area (Å²) in [4.78, 5) is 17.8. The highest BCUT2D eigenvalue weighted by Gasteiger charge is 2.75. The summed E-state index contributed by atoms with van der Waals surface area (Å²) in [5.41, 5.74) is -0.904. The first kappa shape index (κ1) is 18.1. The first-order valence-corrected chi connectivity index (χ1v) is 9.26. The van der Waals surface area contributed by atoms with Crippen molar-refractivity contribution in [2.24, 2.45) is 0 Å². The molecule has 8 heteroatoms. The van der Waals surface area contributed by atoms with E-state index in [1.807, 2.05) is 20.8 Å². The van der Waals surface area contributed by atoms with Crippen molar-refractivity contribution in [2.75, 3.05) is 0 Å². The van der Waals surface area contributed by atoms with Crippen LogP contribution in [0, 0.1) is 0 Å². The molecule has 1 amide bonds. The van der Waals surface area contributed by atoms with Gasteiger partial charge in [0.25, 0.3) is 5.89 Å². The Morgan fingerprint density at radius 2 is 1.93 bits per heavy atom. The third kappa shape index (κ3) is 2.94. The monoisotopic (exact) mass is 391 g/mol. The molecule has 0 unspecified atom stereocenters. The molecule has 1 heterocycles. The molecule has 1 N–H and O–H groups in total. The van der Waals surface area contributed by atoms with Crippen molar-refractivity contribution in [1.29, 1.82) is 0 Å². The minimum Gasteiger partial charge on any atom is -0.484 e. The van der Waals surface area contributed by atoms with Gasteiger partial charge in [0, 0.05) is 21.5 Å². The van der Waals surface area contributed by atoms with Crippen molar-refractivity contribution >= 4 is 17.7 Å². The maximum atomic E-state index is 11.7. The fraction of sp³-hybridized carbons (Fsp3) is 0.526. The fourth-order valence-electron chi connectivity index (χ4n) is 4.61. The highest BCUT2D eigenvalue weighted by atomic mass is 35.5. The largest absolute Gasteiger partial charge is 0.484 e. The summed E-state index contributed by atoms with van der Waals surface area (Å²) in [5.74, 6) is 1.73. The second-order valence-corrected chi connectivity index (χ2v) is 9.01. The number of hydrogen-bond donors (Lipinski definition) is 1. The van der Waals surface area contributed by atoms with Crippen LogP contribution < -0.4 is 4.74 Å². The van der Waals surface area contributed by atoms with E-state index >= 15 is 0 Å². The maximum absolute atomic E-state index is 11.7. The van der Waals surface area contributed by atoms with Crippen molar-refractivity contribution in [3.05, 3.63) is 41.0 Å². The van der Waals surface area contributed by atoms with Crippen LogP contribution in [-0.2, 0) is 12.0 Å². The number of amides is 1. The molecule has 0 atom stereocenters. The molecular weight excluding hydrogens is 370 g/mol. The molecule has 3 aliphatic carbocycles. The summed E-state index contributed by atoms with van der Waals surface area (Å²) < 4.78 is 11.0. The van der Waals surface area contributed by atoms with Crippen molar-refractivity contribution in [1.82, 2.24) is 15.0 Å². The van der Waals surface area contributed by atoms with Gasteiger partial charge in [-0.05, 0) is 64.3 Å². The summed E-state index contributed by atoms with van der Waals surface area (Å²) in [7, 11) is 0. The Balaban J connectivity index is 1.40. The number of benzene rings is 1. The molecule has 0 radical (unpaired) electrons. The molecule has 2 bridgehead atoms. The number of nitrogens with zero attached hydrogens (tertiary/aromatic N) is 3. The van der Waals surface area contributed by atoms with Crippen LogP contribution in [0.4, 0.5) is 4.79 Å². The predicted octanol–water partition coefficient (Wildman–Crippen LogP) is 4.25. The molecular formula is C19H22ClN3O4. The summed E-state index contributed by atoms with van der Waals surface area (Å²) in [6.45, 7) is 5.96. The number of hydrogen-bond acceptors (Lipinski definition) is 5. The number of carboxylic acid groups (broad SMARTS) is 1. The zero-order chi connectivity index (χ0) is 19.4. The van der Waals surface area contributed by atoms with Gasteiger partial charge in [0.1, 0.15) is 5.75 Å². The quantitative estimate of drug-likeness (QED) is 0.819. The van der Waals surface area contributed by atoms with Gasteiger partial charge in [-0.3, -0.25) is 4.90 Å². The lowest BCUT2D eigenvalue weighted by molar-refractivity contribution is -0.183. The molecule has 0 spiro atoms. The lowest BCUT2D eigenvalue weighted by Crippen LogP contribution is -2.80. The number of carbonyl (C=O) groups is 1. The topological polar surface area (TPSA) is 88.7 Å². The van der Waals surface area contributed by atoms with Crippen molar-refractivity contribution in [3.8, 4) is 5.75 Å². The van der Waals surface area contributed by atoms with Gasteiger partial charge in [0.2, 0.25) is 0 Å². The van der Waals surface area contributed by atoms with Gasteiger partial charge in [-0.15, -0.1) is 0 Å². The summed E-state index contributed by atoms with van der Waals surface area (Å²) >= 11 is 5.85. The molecule has 0 saturated heterocycles. The van der Waals surface area contributed by atoms with Gasteiger partial charge in [-0.25, -0.2) is 4.79 Å². The summed E-state index contributed by atoms with van der Waals surface area (Å²) in [5, 5.41) is 14.4. The van der Waals surface area contributed by atoms with E-state index in [0.717, 1.165) is 19.3 Å². The van der Waals surface area contributed by atoms with Crippen LogP contribution in [0.2, 0.25) is 5.02 Å².